The molecule has 1 nitrogen and oxygen atoms in total. The van der Waals surface area contributed by atoms with E-state index < -0.39 is 0 Å². The normalized spacial score (nSPS) is 18.0. The molecule has 0 fully saturated rings. The smallest absolute Gasteiger partial charge is 0.156 e. The van der Waals surface area contributed by atoms with Crippen LogP contribution in [0.25, 0.3) is 0 Å². The Balaban J connectivity index is 2.57. The van der Waals surface area contributed by atoms with Crippen molar-refractivity contribution in [2.24, 2.45) is 5.41 Å². The molecule has 0 atom stereocenters. The van der Waals surface area contributed by atoms with Gasteiger partial charge in [0.2, 0.25) is 0 Å². The van der Waals surface area contributed by atoms with Gasteiger partial charge in [-0.1, -0.05) is 156 Å². The van der Waals surface area contributed by atoms with Crippen LogP contribution in [0.4, 0.5) is 0 Å². The zero-order valence-electron chi connectivity index (χ0n) is 29.3. The third-order valence-corrected chi connectivity index (χ3v) is 7.51. The first kappa shape index (κ1) is 38.3. The summed E-state index contributed by atoms with van der Waals surface area (Å²) in [6.07, 6.45) is 42.6. The van der Waals surface area contributed by atoms with Gasteiger partial charge in [0.25, 0.3) is 0 Å². The quantitative estimate of drug-likeness (QED) is 0.105. The molecule has 0 aromatic heterocycles. The molecule has 0 saturated heterocycles. The summed E-state index contributed by atoms with van der Waals surface area (Å²) in [5, 5.41) is 0. The van der Waals surface area contributed by atoms with E-state index in [0.29, 0.717) is 6.42 Å². The Bertz CT molecular complexity index is 1350. The Kier molecular flexibility index (Phi) is 18.3. The van der Waals surface area contributed by atoms with Gasteiger partial charge in [0.05, 0.1) is 0 Å². The fourth-order valence-corrected chi connectivity index (χ4v) is 4.78. The summed E-state index contributed by atoms with van der Waals surface area (Å²) in [5.74, 6) is 0.162. The maximum atomic E-state index is 11.9. The van der Waals surface area contributed by atoms with Gasteiger partial charge in [0, 0.05) is 6.42 Å². The predicted octanol–water partition coefficient (Wildman–Crippen LogP) is 12.9. The summed E-state index contributed by atoms with van der Waals surface area (Å²) in [6, 6.07) is 0. The highest BCUT2D eigenvalue weighted by atomic mass is 16.1. The minimum absolute atomic E-state index is 0.162. The molecule has 236 valence electrons. The van der Waals surface area contributed by atoms with Gasteiger partial charge in [0.1, 0.15) is 0 Å². The number of hydrogen-bond donors (Lipinski definition) is 0. The van der Waals surface area contributed by atoms with Crippen LogP contribution in [0, 0.1) is 5.41 Å². The first-order chi connectivity index (χ1) is 20.8. The van der Waals surface area contributed by atoms with Crippen LogP contribution in [-0.2, 0) is 4.79 Å². The van der Waals surface area contributed by atoms with E-state index >= 15 is 0 Å². The highest BCUT2D eigenvalue weighted by Gasteiger charge is 2.26. The maximum absolute atomic E-state index is 11.9. The number of rotatable bonds is 15. The Hall–Kier alpha value is -3.71. The second-order valence-electron chi connectivity index (χ2n) is 12.9. The molecular formula is C43H58O. The number of allylic oxidation sites excluding steroid dienone is 26. The topological polar surface area (TPSA) is 17.1 Å². The monoisotopic (exact) mass is 590 g/mol. The third kappa shape index (κ3) is 18.1. The largest absolute Gasteiger partial charge is 0.295 e. The summed E-state index contributed by atoms with van der Waals surface area (Å²) in [7, 11) is 0. The van der Waals surface area contributed by atoms with E-state index in [9.17, 15) is 4.79 Å². The molecular weight excluding hydrogens is 532 g/mol. The van der Waals surface area contributed by atoms with Gasteiger partial charge in [-0.05, 0) is 98.1 Å². The lowest BCUT2D eigenvalue weighted by molar-refractivity contribution is -0.114. The van der Waals surface area contributed by atoms with Crippen LogP contribution in [0.15, 0.2) is 154 Å². The van der Waals surface area contributed by atoms with E-state index in [4.69, 9.17) is 0 Å². The molecule has 0 amide bonds. The van der Waals surface area contributed by atoms with Gasteiger partial charge in [-0.15, -0.1) is 0 Å². The minimum atomic E-state index is 0.162. The van der Waals surface area contributed by atoms with E-state index in [0.717, 1.165) is 17.6 Å². The molecule has 1 rings (SSSR count). The molecule has 44 heavy (non-hydrogen) atoms. The molecule has 1 heteroatoms. The van der Waals surface area contributed by atoms with Crippen LogP contribution in [0.3, 0.4) is 0 Å². The molecule has 0 saturated carbocycles. The Morgan fingerprint density at radius 3 is 1.57 bits per heavy atom. The molecule has 0 radical (unpaired) electrons. The number of ketones is 1. The molecule has 0 spiro atoms. The van der Waals surface area contributed by atoms with E-state index in [1.54, 1.807) is 6.08 Å². The van der Waals surface area contributed by atoms with Crippen molar-refractivity contribution in [3.05, 3.63) is 154 Å². The van der Waals surface area contributed by atoms with Gasteiger partial charge in [-0.3, -0.25) is 4.79 Å². The SMILES string of the molecule is CC(C)=CCCC(=O)C=CC(C)=CC=CC(C)=CC=CC(C)=CC=CC=C(C)C=CC=C(C)C=CC1=C(C)CCCC1(C)C. The van der Waals surface area contributed by atoms with Crippen molar-refractivity contribution in [3.8, 4) is 0 Å². The first-order valence-corrected chi connectivity index (χ1v) is 16.1. The summed E-state index contributed by atoms with van der Waals surface area (Å²) >= 11 is 0. The lowest BCUT2D eigenvalue weighted by atomic mass is 9.72. The van der Waals surface area contributed by atoms with Crippen LogP contribution in [0.2, 0.25) is 0 Å². The van der Waals surface area contributed by atoms with Gasteiger partial charge >= 0.3 is 0 Å². The lowest BCUT2D eigenvalue weighted by Gasteiger charge is -2.32. The fraction of sp³-hybridized carbons (Fsp3) is 0.372. The number of carbonyl (C=O) groups excluding carboxylic acids is 1. The van der Waals surface area contributed by atoms with Gasteiger partial charge in [-0.2, -0.15) is 0 Å². The average Bonchev–Trinajstić information content (AvgIpc) is 2.93. The first-order valence-electron chi connectivity index (χ1n) is 16.1. The number of carbonyl (C=O) groups is 1. The highest BCUT2D eigenvalue weighted by molar-refractivity contribution is 5.90. The molecule has 0 aliphatic heterocycles. The van der Waals surface area contributed by atoms with Crippen molar-refractivity contribution in [1.82, 2.24) is 0 Å². The van der Waals surface area contributed by atoms with Crippen LogP contribution in [0.1, 0.15) is 101 Å². The molecule has 0 bridgehead atoms. The summed E-state index contributed by atoms with van der Waals surface area (Å²) < 4.78 is 0. The summed E-state index contributed by atoms with van der Waals surface area (Å²) in [4.78, 5) is 11.9. The summed E-state index contributed by atoms with van der Waals surface area (Å²) in [5.41, 5.74) is 10.4. The molecule has 1 aliphatic rings. The summed E-state index contributed by atoms with van der Waals surface area (Å²) in [6.45, 7) is 21.6. The molecule has 0 N–H and O–H groups in total. The number of hydrogen-bond acceptors (Lipinski definition) is 1. The van der Waals surface area contributed by atoms with Gasteiger partial charge < -0.3 is 0 Å². The molecule has 0 unspecified atom stereocenters. The van der Waals surface area contributed by atoms with Crippen LogP contribution in [0.5, 0.6) is 0 Å². The minimum Gasteiger partial charge on any atom is -0.295 e. The Morgan fingerprint density at radius 1 is 0.636 bits per heavy atom. The highest BCUT2D eigenvalue weighted by Crippen LogP contribution is 2.40. The van der Waals surface area contributed by atoms with Crippen LogP contribution >= 0.6 is 0 Å². The van der Waals surface area contributed by atoms with Crippen molar-refractivity contribution in [3.63, 3.8) is 0 Å². The second-order valence-corrected chi connectivity index (χ2v) is 12.9. The van der Waals surface area contributed by atoms with E-state index in [1.807, 2.05) is 25.2 Å². The standard InChI is InChI=1S/C43H58O/c1-34(2)18-13-28-41(44)31-29-38(6)25-16-24-37(5)23-14-21-35(3)19-11-12-20-36(4)22-15-26-39(7)30-32-42-40(8)27-17-33-43(42,9)10/h11-12,14-16,18-26,29-32H,13,17,27-28,33H2,1-10H3. The van der Waals surface area contributed by atoms with Crippen LogP contribution in [-0.4, -0.2) is 5.78 Å². The van der Waals surface area contributed by atoms with Gasteiger partial charge in [0.15, 0.2) is 5.78 Å². The van der Waals surface area contributed by atoms with E-state index in [2.05, 4.69) is 147 Å². The van der Waals surface area contributed by atoms with Crippen molar-refractivity contribution < 1.29 is 4.79 Å². The van der Waals surface area contributed by atoms with E-state index in [-0.39, 0.29) is 11.2 Å². The Morgan fingerprint density at radius 2 is 1.09 bits per heavy atom. The third-order valence-electron chi connectivity index (χ3n) is 7.51. The van der Waals surface area contributed by atoms with Crippen molar-refractivity contribution in [2.75, 3.05) is 0 Å². The Labute approximate surface area is 270 Å². The second kappa shape index (κ2) is 21.1. The molecule has 1 aliphatic carbocycles. The zero-order chi connectivity index (χ0) is 33.0. The maximum Gasteiger partial charge on any atom is 0.156 e. The molecule has 0 aromatic rings. The molecule has 0 heterocycles. The van der Waals surface area contributed by atoms with Crippen molar-refractivity contribution in [1.29, 1.82) is 0 Å². The molecule has 0 aromatic carbocycles. The van der Waals surface area contributed by atoms with Crippen molar-refractivity contribution >= 4 is 5.78 Å². The predicted molar refractivity (Wildman–Crippen MR) is 198 cm³/mol. The fourth-order valence-electron chi connectivity index (χ4n) is 4.78. The average molecular weight is 591 g/mol. The lowest BCUT2D eigenvalue weighted by Crippen LogP contribution is -2.19. The zero-order valence-corrected chi connectivity index (χ0v) is 29.3. The van der Waals surface area contributed by atoms with Gasteiger partial charge in [-0.25, -0.2) is 0 Å². The van der Waals surface area contributed by atoms with E-state index in [1.165, 1.54) is 52.7 Å². The van der Waals surface area contributed by atoms with Crippen LogP contribution < -0.4 is 0 Å². The van der Waals surface area contributed by atoms with Crippen molar-refractivity contribution in [2.45, 2.75) is 101 Å².